The van der Waals surface area contributed by atoms with E-state index in [0.29, 0.717) is 18.8 Å². The second-order valence-corrected chi connectivity index (χ2v) is 12.1. The van der Waals surface area contributed by atoms with Crippen LogP contribution in [-0.2, 0) is 35.3 Å². The third-order valence-corrected chi connectivity index (χ3v) is 6.71. The Morgan fingerprint density at radius 2 is 1.47 bits per heavy atom. The lowest BCUT2D eigenvalue weighted by molar-refractivity contribution is -0.142. The Labute approximate surface area is 281 Å². The Kier molecular flexibility index (Phi) is 23.7. The van der Waals surface area contributed by atoms with Crippen molar-refractivity contribution in [1.29, 1.82) is 0 Å². The fourth-order valence-electron chi connectivity index (χ4n) is 3.96. The van der Waals surface area contributed by atoms with E-state index in [2.05, 4.69) is 58.8 Å². The average Bonchev–Trinajstić information content (AvgIpc) is 3.02. The van der Waals surface area contributed by atoms with Gasteiger partial charge in [-0.15, -0.1) is 13.2 Å². The van der Waals surface area contributed by atoms with Crippen molar-refractivity contribution < 1.29 is 28.7 Å². The summed E-state index contributed by atoms with van der Waals surface area (Å²) < 4.78 is 11.0. The van der Waals surface area contributed by atoms with Crippen molar-refractivity contribution in [1.82, 2.24) is 21.3 Å². The quantitative estimate of drug-likeness (QED) is 0.0781. The van der Waals surface area contributed by atoms with E-state index in [0.717, 1.165) is 18.5 Å². The second-order valence-electron chi connectivity index (χ2n) is 12.1. The summed E-state index contributed by atoms with van der Waals surface area (Å²) >= 11 is 0. The molecule has 0 bridgehead atoms. The molecule has 13 heteroatoms. The first-order chi connectivity index (χ1) is 22.1. The Morgan fingerprint density at radius 1 is 0.894 bits per heavy atom. The predicted molar refractivity (Wildman–Crippen MR) is 188 cm³/mol. The van der Waals surface area contributed by atoms with Crippen molar-refractivity contribution in [2.75, 3.05) is 38.6 Å². The molecule has 0 unspecified atom stereocenters. The molecule has 0 spiro atoms. The smallest absolute Gasteiger partial charge is 0.302 e. The number of nitrogens with zero attached hydrogens (tertiary/aromatic N) is 1. The van der Waals surface area contributed by atoms with Crippen LogP contribution in [0, 0.1) is 10.3 Å². The summed E-state index contributed by atoms with van der Waals surface area (Å²) in [5.74, 6) is -1.93. The largest absolute Gasteiger partial charge is 0.461 e. The number of ether oxygens (including phenoxy) is 2. The molecule has 0 heterocycles. The lowest BCUT2D eigenvalue weighted by Gasteiger charge is -2.30. The third-order valence-electron chi connectivity index (χ3n) is 6.71. The molecule has 0 saturated heterocycles. The minimum Gasteiger partial charge on any atom is -0.461 e. The normalized spacial score (nSPS) is 12.8. The molecule has 0 fully saturated rings. The summed E-state index contributed by atoms with van der Waals surface area (Å²) in [5, 5.41) is 17.1. The van der Waals surface area contributed by atoms with Crippen molar-refractivity contribution in [3.63, 3.8) is 0 Å². The molecule has 0 aliphatic heterocycles. The monoisotopic (exact) mass is 664 g/mol. The first kappa shape index (κ1) is 45.4. The molecule has 5 N–H and O–H groups in total. The maximum Gasteiger partial charge on any atom is 0.302 e. The van der Waals surface area contributed by atoms with Crippen LogP contribution < -0.4 is 26.6 Å². The van der Waals surface area contributed by atoms with Crippen molar-refractivity contribution in [2.24, 2.45) is 10.6 Å². The van der Waals surface area contributed by atoms with E-state index >= 15 is 0 Å². The summed E-state index contributed by atoms with van der Waals surface area (Å²) in [6, 6.07) is 4.01. The number of hydrogen-bond acceptors (Lipinski definition) is 10. The summed E-state index contributed by atoms with van der Waals surface area (Å²) in [4.78, 5) is 60.2. The number of nitrogens with one attached hydrogen (secondary N) is 5. The molecule has 0 aromatic heterocycles. The fraction of sp³-hybridized carbons (Fsp3) is 0.647. The second kappa shape index (κ2) is 24.5. The maximum atomic E-state index is 12.9. The summed E-state index contributed by atoms with van der Waals surface area (Å²) in [6.07, 6.45) is 0.858. The van der Waals surface area contributed by atoms with E-state index < -0.39 is 47.4 Å². The highest BCUT2D eigenvalue weighted by molar-refractivity contribution is 5.98. The van der Waals surface area contributed by atoms with Crippen LogP contribution in [0.1, 0.15) is 80.7 Å². The number of rotatable bonds is 20. The van der Waals surface area contributed by atoms with Gasteiger partial charge in [0.1, 0.15) is 18.7 Å². The van der Waals surface area contributed by atoms with E-state index in [4.69, 9.17) is 9.47 Å². The number of benzene rings is 1. The SMILES string of the molecule is C=C.CC.CNCC(C)(C)CCOC(C)(C)CN[C@@H](C)C(=O)N[C@@H](C)C(=O)N[C@@H](CCN=O)C(=O)Nc1ccc(COC(C)=O)cc1. The Hall–Kier alpha value is -3.68. The number of nitroso groups, excluding NO2 is 1. The number of esters is 1. The molecular formula is C34H60N6O7. The molecule has 0 radical (unpaired) electrons. The third kappa shape index (κ3) is 20.9. The zero-order chi connectivity index (χ0) is 36.6. The Balaban J connectivity index is 0. The highest BCUT2D eigenvalue weighted by Gasteiger charge is 2.27. The molecule has 0 aliphatic rings. The van der Waals surface area contributed by atoms with Crippen LogP contribution in [-0.4, -0.2) is 80.7 Å². The van der Waals surface area contributed by atoms with Crippen LogP contribution in [0.2, 0.25) is 0 Å². The first-order valence-electron chi connectivity index (χ1n) is 16.0. The molecule has 3 amide bonds. The first-order valence-corrected chi connectivity index (χ1v) is 16.0. The molecular weight excluding hydrogens is 604 g/mol. The fourth-order valence-corrected chi connectivity index (χ4v) is 3.96. The van der Waals surface area contributed by atoms with Crippen LogP contribution in [0.5, 0.6) is 0 Å². The molecule has 47 heavy (non-hydrogen) atoms. The molecule has 3 atom stereocenters. The lowest BCUT2D eigenvalue weighted by Crippen LogP contribution is -2.55. The van der Waals surface area contributed by atoms with Crippen molar-refractivity contribution in [3.8, 4) is 0 Å². The van der Waals surface area contributed by atoms with E-state index in [-0.39, 0.29) is 25.0 Å². The summed E-state index contributed by atoms with van der Waals surface area (Å²) in [7, 11) is 1.92. The minimum absolute atomic E-state index is 0.0224. The number of hydrogen-bond donors (Lipinski definition) is 5. The zero-order valence-electron chi connectivity index (χ0n) is 30.2. The van der Waals surface area contributed by atoms with E-state index in [9.17, 15) is 24.1 Å². The minimum atomic E-state index is -1.06. The Morgan fingerprint density at radius 3 is 2.00 bits per heavy atom. The van der Waals surface area contributed by atoms with Gasteiger partial charge in [-0.25, -0.2) is 0 Å². The average molecular weight is 665 g/mol. The molecule has 0 saturated carbocycles. The van der Waals surface area contributed by atoms with E-state index in [1.165, 1.54) is 13.8 Å². The molecule has 1 rings (SSSR count). The number of carbonyl (C=O) groups excluding carboxylic acids is 4. The number of anilines is 1. The standard InChI is InChI=1S/C30H50N6O7.C2H6.C2H4/c1-20(32-19-30(6,7)43-16-14-29(4,5)18-31-8)26(38)34-21(2)27(39)36-25(13-15-33-41)28(40)35-24-11-9-23(10-12-24)17-42-22(3)37;2*1-2/h9-12,20-21,25,31-32H,13-19H2,1-8H3,(H,34,38)(H,35,40)(H,36,39);1-2H3;1-2H2/t20-,21-,25-;;/m0../s1. The Bertz CT molecular complexity index is 1080. The van der Waals surface area contributed by atoms with Gasteiger partial charge in [0, 0.05) is 32.3 Å². The molecule has 1 aromatic carbocycles. The van der Waals surface area contributed by atoms with Gasteiger partial charge in [-0.3, -0.25) is 19.2 Å². The van der Waals surface area contributed by atoms with Crippen LogP contribution in [0.25, 0.3) is 0 Å². The van der Waals surface area contributed by atoms with Crippen molar-refractivity contribution in [2.45, 2.75) is 105 Å². The van der Waals surface area contributed by atoms with Crippen LogP contribution in [0.4, 0.5) is 5.69 Å². The highest BCUT2D eigenvalue weighted by atomic mass is 16.5. The molecule has 13 nitrogen and oxygen atoms in total. The maximum absolute atomic E-state index is 12.9. The van der Waals surface area contributed by atoms with E-state index in [1.54, 1.807) is 31.2 Å². The van der Waals surface area contributed by atoms with Crippen LogP contribution in [0.3, 0.4) is 0 Å². The van der Waals surface area contributed by atoms with Gasteiger partial charge < -0.3 is 36.1 Å². The van der Waals surface area contributed by atoms with E-state index in [1.807, 2.05) is 34.7 Å². The highest BCUT2D eigenvalue weighted by Crippen LogP contribution is 2.20. The van der Waals surface area contributed by atoms with Crippen molar-refractivity contribution in [3.05, 3.63) is 47.9 Å². The summed E-state index contributed by atoms with van der Waals surface area (Å²) in [6.45, 7) is 24.5. The van der Waals surface area contributed by atoms with Crippen LogP contribution >= 0.6 is 0 Å². The predicted octanol–water partition coefficient (Wildman–Crippen LogP) is 4.07. The van der Waals surface area contributed by atoms with Gasteiger partial charge in [-0.1, -0.05) is 45.0 Å². The van der Waals surface area contributed by atoms with Crippen LogP contribution in [0.15, 0.2) is 42.6 Å². The van der Waals surface area contributed by atoms with Crippen molar-refractivity contribution >= 4 is 29.4 Å². The van der Waals surface area contributed by atoms with Gasteiger partial charge in [0.05, 0.1) is 18.2 Å². The molecule has 1 aromatic rings. The van der Waals surface area contributed by atoms with Gasteiger partial charge in [0.25, 0.3) is 0 Å². The lowest BCUT2D eigenvalue weighted by atomic mass is 9.90. The van der Waals surface area contributed by atoms with Gasteiger partial charge in [-0.05, 0) is 70.7 Å². The zero-order valence-corrected chi connectivity index (χ0v) is 30.2. The van der Waals surface area contributed by atoms with Gasteiger partial charge in [0.15, 0.2) is 0 Å². The van der Waals surface area contributed by atoms with Gasteiger partial charge in [-0.2, -0.15) is 4.91 Å². The van der Waals surface area contributed by atoms with Gasteiger partial charge in [0.2, 0.25) is 17.7 Å². The number of amides is 3. The number of carbonyl (C=O) groups is 4. The van der Waals surface area contributed by atoms with Gasteiger partial charge >= 0.3 is 5.97 Å². The molecule has 0 aliphatic carbocycles. The molecule has 268 valence electrons. The topological polar surface area (TPSA) is 176 Å². The summed E-state index contributed by atoms with van der Waals surface area (Å²) in [5.41, 5.74) is 0.773.